The van der Waals surface area contributed by atoms with Gasteiger partial charge < -0.3 is 20.3 Å². The average molecular weight is 433 g/mol. The number of pyridine rings is 1. The Morgan fingerprint density at radius 2 is 1.87 bits per heavy atom. The van der Waals surface area contributed by atoms with Crippen LogP contribution in [0.4, 0.5) is 4.79 Å². The number of nitrogens with zero attached hydrogens (tertiary/aromatic N) is 2. The number of aromatic nitrogens is 1. The van der Waals surface area contributed by atoms with Crippen molar-refractivity contribution in [2.75, 3.05) is 13.7 Å². The maximum atomic E-state index is 13.2. The molecule has 8 nitrogen and oxygen atoms in total. The second-order valence-corrected chi connectivity index (χ2v) is 9.59. The van der Waals surface area contributed by atoms with Gasteiger partial charge in [-0.05, 0) is 37.2 Å². The van der Waals surface area contributed by atoms with E-state index in [1.54, 1.807) is 18.2 Å². The number of methoxy groups -OCH3 is 1. The number of carbonyl (C=O) groups is 3. The Balaban J connectivity index is 2.16. The summed E-state index contributed by atoms with van der Waals surface area (Å²) in [4.78, 5) is 45.1. The number of rotatable bonds is 7. The first-order valence-corrected chi connectivity index (χ1v) is 10.9. The summed E-state index contributed by atoms with van der Waals surface area (Å²) >= 11 is 0. The van der Waals surface area contributed by atoms with Crippen LogP contribution in [0.1, 0.15) is 64.9 Å². The predicted octanol–water partition coefficient (Wildman–Crippen LogP) is 3.02. The fourth-order valence-corrected chi connectivity index (χ4v) is 3.75. The fraction of sp³-hybridized carbons (Fsp3) is 0.652. The monoisotopic (exact) mass is 432 g/mol. The Labute approximate surface area is 185 Å². The summed E-state index contributed by atoms with van der Waals surface area (Å²) in [5.74, 6) is -0.241. The number of urea groups is 1. The number of amides is 3. The predicted molar refractivity (Wildman–Crippen MR) is 119 cm³/mol. The minimum atomic E-state index is -0.791. The Kier molecular flexibility index (Phi) is 8.03. The summed E-state index contributed by atoms with van der Waals surface area (Å²) in [7, 11) is 1.48. The molecule has 2 rings (SSSR count). The molecule has 1 fully saturated rings. The normalized spacial score (nSPS) is 18.5. The summed E-state index contributed by atoms with van der Waals surface area (Å²) in [5.41, 5.74) is -0.268. The van der Waals surface area contributed by atoms with E-state index in [1.807, 2.05) is 46.4 Å². The third-order valence-corrected chi connectivity index (χ3v) is 5.65. The van der Waals surface area contributed by atoms with Crippen molar-refractivity contribution >= 4 is 17.7 Å². The van der Waals surface area contributed by atoms with Gasteiger partial charge in [0.1, 0.15) is 11.7 Å². The van der Waals surface area contributed by atoms with Crippen molar-refractivity contribution in [1.82, 2.24) is 20.5 Å². The van der Waals surface area contributed by atoms with Crippen LogP contribution in [0.15, 0.2) is 18.2 Å². The van der Waals surface area contributed by atoms with Crippen molar-refractivity contribution in [3.05, 3.63) is 23.9 Å². The van der Waals surface area contributed by atoms with Gasteiger partial charge in [-0.1, -0.05) is 40.7 Å². The van der Waals surface area contributed by atoms with Gasteiger partial charge in [-0.3, -0.25) is 9.59 Å². The number of likely N-dealkylation sites (tertiary alicyclic amines) is 1. The van der Waals surface area contributed by atoms with Gasteiger partial charge in [-0.25, -0.2) is 9.78 Å². The molecule has 3 unspecified atom stereocenters. The summed E-state index contributed by atoms with van der Waals surface area (Å²) in [5, 5.41) is 5.59. The number of nitrogens with one attached hydrogen (secondary N) is 2. The zero-order valence-corrected chi connectivity index (χ0v) is 19.7. The highest BCUT2D eigenvalue weighted by Gasteiger charge is 2.39. The molecule has 1 saturated heterocycles. The van der Waals surface area contributed by atoms with E-state index < -0.39 is 23.5 Å². The van der Waals surface area contributed by atoms with Crippen LogP contribution in [-0.4, -0.2) is 59.4 Å². The first-order chi connectivity index (χ1) is 14.5. The zero-order chi connectivity index (χ0) is 23.3. The van der Waals surface area contributed by atoms with Gasteiger partial charge >= 0.3 is 6.03 Å². The third-order valence-electron chi connectivity index (χ3n) is 5.65. The van der Waals surface area contributed by atoms with Crippen LogP contribution in [-0.2, 0) is 4.79 Å². The standard InChI is InChI=1S/C23H36N4O4/c1-14(2)18(19(28)16-11-8-12-17(24-16)31-7)25-22(30)26-20(23(4,5)6)21(29)27-13-9-10-15(27)3/h8,11-12,14-15,18,20H,9-10,13H2,1-7H3,(H2,25,26,30). The number of ketones is 1. The Hall–Kier alpha value is -2.64. The molecule has 0 saturated carbocycles. The number of hydrogen-bond donors (Lipinski definition) is 2. The van der Waals surface area contributed by atoms with Crippen LogP contribution in [0.3, 0.4) is 0 Å². The maximum Gasteiger partial charge on any atom is 0.316 e. The first kappa shape index (κ1) is 24.6. The molecule has 0 spiro atoms. The second-order valence-electron chi connectivity index (χ2n) is 9.59. The summed E-state index contributed by atoms with van der Waals surface area (Å²) in [6, 6.07) is 3.05. The number of ether oxygens (including phenoxy) is 1. The van der Waals surface area contributed by atoms with E-state index in [9.17, 15) is 14.4 Å². The molecule has 2 heterocycles. The molecule has 1 aliphatic heterocycles. The van der Waals surface area contributed by atoms with E-state index in [2.05, 4.69) is 15.6 Å². The third kappa shape index (κ3) is 6.18. The van der Waals surface area contributed by atoms with Crippen molar-refractivity contribution in [2.45, 2.75) is 72.5 Å². The molecule has 3 amide bonds. The molecular weight excluding hydrogens is 396 g/mol. The van der Waals surface area contributed by atoms with Crippen LogP contribution in [0.5, 0.6) is 5.88 Å². The molecule has 172 valence electrons. The van der Waals surface area contributed by atoms with E-state index in [0.29, 0.717) is 12.4 Å². The number of hydrogen-bond acceptors (Lipinski definition) is 5. The molecule has 0 bridgehead atoms. The number of carbonyl (C=O) groups excluding carboxylic acids is 3. The smallest absolute Gasteiger partial charge is 0.316 e. The molecule has 31 heavy (non-hydrogen) atoms. The summed E-state index contributed by atoms with van der Waals surface area (Å²) < 4.78 is 5.09. The minimum absolute atomic E-state index is 0.0884. The minimum Gasteiger partial charge on any atom is -0.481 e. The summed E-state index contributed by atoms with van der Waals surface area (Å²) in [6.07, 6.45) is 1.93. The molecule has 1 aromatic rings. The first-order valence-electron chi connectivity index (χ1n) is 10.9. The van der Waals surface area contributed by atoms with Crippen molar-refractivity contribution in [1.29, 1.82) is 0 Å². The van der Waals surface area contributed by atoms with E-state index >= 15 is 0 Å². The molecule has 1 aromatic heterocycles. The van der Waals surface area contributed by atoms with Gasteiger partial charge in [0.05, 0.1) is 13.2 Å². The van der Waals surface area contributed by atoms with Crippen LogP contribution < -0.4 is 15.4 Å². The Bertz CT molecular complexity index is 803. The van der Waals surface area contributed by atoms with Crippen LogP contribution >= 0.6 is 0 Å². The molecule has 0 aliphatic carbocycles. The molecular formula is C23H36N4O4. The van der Waals surface area contributed by atoms with Gasteiger partial charge in [0.25, 0.3) is 0 Å². The highest BCUT2D eigenvalue weighted by atomic mass is 16.5. The lowest BCUT2D eigenvalue weighted by atomic mass is 9.85. The molecule has 1 aliphatic rings. The topological polar surface area (TPSA) is 101 Å². The van der Waals surface area contributed by atoms with Crippen LogP contribution in [0, 0.1) is 11.3 Å². The SMILES string of the molecule is COc1cccc(C(=O)C(NC(=O)NC(C(=O)N2CCCC2C)C(C)(C)C)C(C)C)n1. The lowest BCUT2D eigenvalue weighted by Crippen LogP contribution is -2.59. The average Bonchev–Trinajstić information content (AvgIpc) is 3.14. The van der Waals surface area contributed by atoms with Crippen LogP contribution in [0.2, 0.25) is 0 Å². The fourth-order valence-electron chi connectivity index (χ4n) is 3.75. The van der Waals surface area contributed by atoms with E-state index in [0.717, 1.165) is 12.8 Å². The Morgan fingerprint density at radius 3 is 2.39 bits per heavy atom. The van der Waals surface area contributed by atoms with E-state index in [1.165, 1.54) is 7.11 Å². The highest BCUT2D eigenvalue weighted by molar-refractivity contribution is 6.01. The molecule has 0 radical (unpaired) electrons. The second kappa shape index (κ2) is 10.1. The van der Waals surface area contributed by atoms with Gasteiger partial charge in [-0.2, -0.15) is 0 Å². The summed E-state index contributed by atoms with van der Waals surface area (Å²) in [6.45, 7) is 12.2. The highest BCUT2D eigenvalue weighted by Crippen LogP contribution is 2.25. The van der Waals surface area contributed by atoms with E-state index in [4.69, 9.17) is 4.74 Å². The Morgan fingerprint density at radius 1 is 1.19 bits per heavy atom. The largest absolute Gasteiger partial charge is 0.481 e. The quantitative estimate of drug-likeness (QED) is 0.645. The number of Topliss-reactive ketones (excluding diaryl/α,β-unsaturated/α-hetero) is 1. The lowest BCUT2D eigenvalue weighted by Gasteiger charge is -2.35. The van der Waals surface area contributed by atoms with Gasteiger partial charge in [0.15, 0.2) is 0 Å². The van der Waals surface area contributed by atoms with Crippen molar-refractivity contribution in [2.24, 2.45) is 11.3 Å². The van der Waals surface area contributed by atoms with Gasteiger partial charge in [0, 0.05) is 18.7 Å². The van der Waals surface area contributed by atoms with Crippen LogP contribution in [0.25, 0.3) is 0 Å². The zero-order valence-electron chi connectivity index (χ0n) is 19.7. The maximum absolute atomic E-state index is 13.2. The van der Waals surface area contributed by atoms with E-state index in [-0.39, 0.29) is 29.3 Å². The lowest BCUT2D eigenvalue weighted by molar-refractivity contribution is -0.136. The van der Waals surface area contributed by atoms with Crippen molar-refractivity contribution in [3.63, 3.8) is 0 Å². The van der Waals surface area contributed by atoms with Gasteiger partial charge in [0.2, 0.25) is 17.6 Å². The molecule has 0 aromatic carbocycles. The molecule has 3 atom stereocenters. The molecule has 8 heteroatoms. The molecule has 2 N–H and O–H groups in total. The van der Waals surface area contributed by atoms with Gasteiger partial charge in [-0.15, -0.1) is 0 Å². The van der Waals surface area contributed by atoms with Crippen molar-refractivity contribution in [3.8, 4) is 5.88 Å². The van der Waals surface area contributed by atoms with Crippen molar-refractivity contribution < 1.29 is 19.1 Å².